The number of amides is 2. The number of rotatable bonds is 6. The predicted octanol–water partition coefficient (Wildman–Crippen LogP) is 5.36. The van der Waals surface area contributed by atoms with Crippen molar-refractivity contribution in [2.45, 2.75) is 52.7 Å². The fourth-order valence-corrected chi connectivity index (χ4v) is 5.66. The standard InChI is InChI=1S/C34H40N6O2/c1-26(2)34-36-15-18-39(34)25-33(42)38-20-19-37(23-28-9-5-4-6-10-28)16-8-17-40(27(3)41)32-13-12-29(21-31(32)24-38)30-11-7-14-35-22-30/h4-7,9-15,18,21-22,26H,8,16-17,19-20,23-25H2,1-3H3. The molecule has 0 N–H and O–H groups in total. The van der Waals surface area contributed by atoms with E-state index < -0.39 is 0 Å². The van der Waals surface area contributed by atoms with Crippen LogP contribution in [0.1, 0.15) is 50.1 Å². The first-order valence-electron chi connectivity index (χ1n) is 14.8. The van der Waals surface area contributed by atoms with E-state index in [0.717, 1.165) is 54.3 Å². The molecule has 3 heterocycles. The highest BCUT2D eigenvalue weighted by Crippen LogP contribution is 2.30. The van der Waals surface area contributed by atoms with Crippen molar-refractivity contribution in [3.8, 4) is 11.1 Å². The lowest BCUT2D eigenvalue weighted by atomic mass is 10.0. The summed E-state index contributed by atoms with van der Waals surface area (Å²) in [4.78, 5) is 42.0. The number of benzene rings is 2. The molecule has 8 heteroatoms. The predicted molar refractivity (Wildman–Crippen MR) is 166 cm³/mol. The molecular weight excluding hydrogens is 524 g/mol. The van der Waals surface area contributed by atoms with Gasteiger partial charge in [0.1, 0.15) is 12.4 Å². The first kappa shape index (κ1) is 29.2. The monoisotopic (exact) mass is 564 g/mol. The van der Waals surface area contributed by atoms with Gasteiger partial charge < -0.3 is 14.4 Å². The van der Waals surface area contributed by atoms with Crippen molar-refractivity contribution < 1.29 is 9.59 Å². The Labute approximate surface area is 248 Å². The lowest BCUT2D eigenvalue weighted by Gasteiger charge is -2.29. The van der Waals surface area contributed by atoms with Crippen molar-refractivity contribution in [1.29, 1.82) is 0 Å². The molecule has 0 aliphatic carbocycles. The molecule has 0 saturated carbocycles. The second kappa shape index (κ2) is 13.6. The Morgan fingerprint density at radius 1 is 0.905 bits per heavy atom. The first-order chi connectivity index (χ1) is 20.4. The zero-order valence-electron chi connectivity index (χ0n) is 24.8. The second-order valence-corrected chi connectivity index (χ2v) is 11.3. The van der Waals surface area contributed by atoms with Crippen molar-refractivity contribution in [1.82, 2.24) is 24.3 Å². The molecule has 0 saturated heterocycles. The van der Waals surface area contributed by atoms with Crippen LogP contribution in [0.3, 0.4) is 0 Å². The zero-order valence-corrected chi connectivity index (χ0v) is 24.8. The number of carbonyl (C=O) groups is 2. The number of hydrogen-bond donors (Lipinski definition) is 0. The van der Waals surface area contributed by atoms with E-state index in [0.29, 0.717) is 19.6 Å². The minimum Gasteiger partial charge on any atom is -0.335 e. The van der Waals surface area contributed by atoms with Crippen molar-refractivity contribution in [2.75, 3.05) is 31.1 Å². The van der Waals surface area contributed by atoms with Crippen LogP contribution in [0.15, 0.2) is 85.5 Å². The van der Waals surface area contributed by atoms with Crippen LogP contribution in [-0.4, -0.2) is 62.3 Å². The molecule has 2 aromatic heterocycles. The van der Waals surface area contributed by atoms with Gasteiger partial charge in [-0.25, -0.2) is 4.98 Å². The van der Waals surface area contributed by atoms with Crippen molar-refractivity contribution in [3.63, 3.8) is 0 Å². The number of nitrogens with zero attached hydrogens (tertiary/aromatic N) is 6. The van der Waals surface area contributed by atoms with Gasteiger partial charge in [-0.15, -0.1) is 0 Å². The summed E-state index contributed by atoms with van der Waals surface area (Å²) in [7, 11) is 0. The van der Waals surface area contributed by atoms with Crippen LogP contribution in [0, 0.1) is 0 Å². The van der Waals surface area contributed by atoms with Crippen LogP contribution in [0.5, 0.6) is 0 Å². The molecule has 0 atom stereocenters. The topological polar surface area (TPSA) is 74.6 Å². The number of imidazole rings is 1. The van der Waals surface area contributed by atoms with E-state index in [9.17, 15) is 9.59 Å². The molecular formula is C34H40N6O2. The Bertz CT molecular complexity index is 1480. The second-order valence-electron chi connectivity index (χ2n) is 11.3. The van der Waals surface area contributed by atoms with Crippen molar-refractivity contribution in [2.24, 2.45) is 0 Å². The molecule has 0 bridgehead atoms. The molecule has 1 aliphatic heterocycles. The van der Waals surface area contributed by atoms with E-state index >= 15 is 0 Å². The molecule has 0 radical (unpaired) electrons. The summed E-state index contributed by atoms with van der Waals surface area (Å²) in [6, 6.07) is 20.5. The molecule has 5 rings (SSSR count). The summed E-state index contributed by atoms with van der Waals surface area (Å²) >= 11 is 0. The molecule has 218 valence electrons. The van der Waals surface area contributed by atoms with E-state index in [2.05, 4.69) is 59.0 Å². The summed E-state index contributed by atoms with van der Waals surface area (Å²) in [5.41, 5.74) is 5.05. The van der Waals surface area contributed by atoms with Crippen LogP contribution in [-0.2, 0) is 29.2 Å². The quantitative estimate of drug-likeness (QED) is 0.315. The maximum absolute atomic E-state index is 14.0. The maximum atomic E-state index is 14.0. The maximum Gasteiger partial charge on any atom is 0.242 e. The van der Waals surface area contributed by atoms with Crippen molar-refractivity contribution in [3.05, 3.63) is 102 Å². The van der Waals surface area contributed by atoms with Gasteiger partial charge in [0.2, 0.25) is 11.8 Å². The number of fused-ring (bicyclic) bond motifs is 1. The van der Waals surface area contributed by atoms with Gasteiger partial charge >= 0.3 is 0 Å². The number of aromatic nitrogens is 3. The molecule has 2 amide bonds. The Kier molecular flexibility index (Phi) is 9.44. The van der Waals surface area contributed by atoms with Crippen molar-refractivity contribution >= 4 is 17.5 Å². The molecule has 8 nitrogen and oxygen atoms in total. The average Bonchev–Trinajstić information content (AvgIpc) is 3.45. The van der Waals surface area contributed by atoms with Crippen LogP contribution < -0.4 is 4.90 Å². The molecule has 42 heavy (non-hydrogen) atoms. The molecule has 2 aromatic carbocycles. The van der Waals surface area contributed by atoms with Gasteiger partial charge in [0, 0.05) is 82.6 Å². The van der Waals surface area contributed by atoms with E-state index in [1.807, 2.05) is 57.1 Å². The highest BCUT2D eigenvalue weighted by atomic mass is 16.2. The molecule has 4 aromatic rings. The smallest absolute Gasteiger partial charge is 0.242 e. The van der Waals surface area contributed by atoms with Crippen LogP contribution in [0.2, 0.25) is 0 Å². The fraction of sp³-hybridized carbons (Fsp3) is 0.353. The van der Waals surface area contributed by atoms with E-state index in [4.69, 9.17) is 0 Å². The molecule has 1 aliphatic rings. The van der Waals surface area contributed by atoms with Gasteiger partial charge in [-0.2, -0.15) is 0 Å². The molecule has 0 fully saturated rings. The van der Waals surface area contributed by atoms with Gasteiger partial charge in [0.15, 0.2) is 0 Å². The highest BCUT2D eigenvalue weighted by Gasteiger charge is 2.24. The van der Waals surface area contributed by atoms with Gasteiger partial charge in [-0.1, -0.05) is 56.3 Å². The Balaban J connectivity index is 1.51. The zero-order chi connectivity index (χ0) is 29.5. The Morgan fingerprint density at radius 3 is 2.48 bits per heavy atom. The number of pyridine rings is 1. The fourth-order valence-electron chi connectivity index (χ4n) is 5.66. The van der Waals surface area contributed by atoms with Gasteiger partial charge in [0.05, 0.1) is 0 Å². The average molecular weight is 565 g/mol. The van der Waals surface area contributed by atoms with Crippen LogP contribution in [0.25, 0.3) is 11.1 Å². The minimum atomic E-state index is -0.00268. The summed E-state index contributed by atoms with van der Waals surface area (Å²) in [6.07, 6.45) is 8.07. The third-order valence-electron chi connectivity index (χ3n) is 7.82. The minimum absolute atomic E-state index is 0.00268. The number of anilines is 1. The Hall–Kier alpha value is -4.30. The molecule has 0 unspecified atom stereocenters. The lowest BCUT2D eigenvalue weighted by molar-refractivity contribution is -0.132. The summed E-state index contributed by atoms with van der Waals surface area (Å²) < 4.78 is 1.95. The summed E-state index contributed by atoms with van der Waals surface area (Å²) in [5, 5.41) is 0. The molecule has 0 spiro atoms. The van der Waals surface area contributed by atoms with Gasteiger partial charge in [-0.3, -0.25) is 19.5 Å². The summed E-state index contributed by atoms with van der Waals surface area (Å²) in [5.74, 6) is 1.13. The van der Waals surface area contributed by atoms with Crippen LogP contribution >= 0.6 is 0 Å². The van der Waals surface area contributed by atoms with E-state index in [1.165, 1.54) is 5.56 Å². The van der Waals surface area contributed by atoms with Gasteiger partial charge in [-0.05, 0) is 46.9 Å². The highest BCUT2D eigenvalue weighted by molar-refractivity contribution is 5.93. The number of hydrogen-bond acceptors (Lipinski definition) is 5. The summed E-state index contributed by atoms with van der Waals surface area (Å²) in [6.45, 7) is 9.96. The van der Waals surface area contributed by atoms with Crippen LogP contribution in [0.4, 0.5) is 5.69 Å². The normalized spacial score (nSPS) is 14.9. The third kappa shape index (κ3) is 7.12. The number of carbonyl (C=O) groups excluding carboxylic acids is 2. The largest absolute Gasteiger partial charge is 0.335 e. The van der Waals surface area contributed by atoms with E-state index in [1.54, 1.807) is 19.3 Å². The SMILES string of the molecule is CC(=O)N1CCCN(Cc2ccccc2)CCN(C(=O)Cn2ccnc2C(C)C)Cc2cc(-c3cccnc3)ccc21. The first-order valence-corrected chi connectivity index (χ1v) is 14.8. The Morgan fingerprint density at radius 2 is 1.74 bits per heavy atom. The lowest BCUT2D eigenvalue weighted by Crippen LogP contribution is -2.40. The third-order valence-corrected chi connectivity index (χ3v) is 7.82. The van der Waals surface area contributed by atoms with E-state index in [-0.39, 0.29) is 24.3 Å². The van der Waals surface area contributed by atoms with Gasteiger partial charge in [0.25, 0.3) is 0 Å².